The highest BCUT2D eigenvalue weighted by Crippen LogP contribution is 2.16. The molecule has 15 heavy (non-hydrogen) atoms. The lowest BCUT2D eigenvalue weighted by molar-refractivity contribution is 1.05. The van der Waals surface area contributed by atoms with Crippen molar-refractivity contribution in [2.75, 3.05) is 11.5 Å². The molecule has 2 heterocycles. The molecule has 0 spiro atoms. The molecule has 0 amide bonds. The number of fused-ring (bicyclic) bond motifs is 1. The minimum absolute atomic E-state index is 0.100. The molecule has 0 bridgehead atoms. The van der Waals surface area contributed by atoms with Crippen LogP contribution in [0.5, 0.6) is 0 Å². The van der Waals surface area contributed by atoms with Crippen molar-refractivity contribution in [1.82, 2.24) is 19.9 Å². The van der Waals surface area contributed by atoms with Crippen LogP contribution in [0.4, 0.5) is 5.95 Å². The summed E-state index contributed by atoms with van der Waals surface area (Å²) in [4.78, 5) is 24.9. The van der Waals surface area contributed by atoms with Crippen LogP contribution in [-0.2, 0) is 0 Å². The van der Waals surface area contributed by atoms with E-state index in [-0.39, 0.29) is 11.5 Å². The maximum Gasteiger partial charge on any atom is 0.280 e. The number of thioether (sulfide) groups is 1. The number of nitrogen functional groups attached to an aromatic ring is 1. The van der Waals surface area contributed by atoms with Gasteiger partial charge in [-0.3, -0.25) is 9.78 Å². The average molecular weight is 225 g/mol. The van der Waals surface area contributed by atoms with Crippen LogP contribution in [0.3, 0.4) is 0 Å². The molecular weight excluding hydrogens is 214 g/mol. The van der Waals surface area contributed by atoms with Gasteiger partial charge < -0.3 is 10.7 Å². The number of aromatic nitrogens is 4. The van der Waals surface area contributed by atoms with Gasteiger partial charge in [-0.15, -0.1) is 0 Å². The Bertz CT molecular complexity index is 531. The summed E-state index contributed by atoms with van der Waals surface area (Å²) in [6.45, 7) is 2.08. The lowest BCUT2D eigenvalue weighted by Crippen LogP contribution is -2.10. The highest BCUT2D eigenvalue weighted by molar-refractivity contribution is 7.99. The topological polar surface area (TPSA) is 100 Å². The fraction of sp³-hybridized carbons (Fsp3) is 0.375. The van der Waals surface area contributed by atoms with Crippen molar-refractivity contribution in [2.24, 2.45) is 0 Å². The normalized spacial score (nSPS) is 11.0. The van der Waals surface area contributed by atoms with Crippen molar-refractivity contribution in [3.8, 4) is 0 Å². The van der Waals surface area contributed by atoms with Gasteiger partial charge in [0.15, 0.2) is 16.3 Å². The van der Waals surface area contributed by atoms with Gasteiger partial charge in [-0.05, 0) is 6.42 Å². The largest absolute Gasteiger partial charge is 0.369 e. The standard InChI is InChI=1S/C8H11N5OS/c1-2-3-15-8-10-4-5(12-8)11-7(9)13-6(4)14/h2-3H2,1H3,(H4,9,10,11,12,13,14). The van der Waals surface area contributed by atoms with E-state index in [4.69, 9.17) is 5.73 Å². The van der Waals surface area contributed by atoms with Crippen molar-refractivity contribution in [2.45, 2.75) is 18.5 Å². The zero-order chi connectivity index (χ0) is 10.8. The maximum absolute atomic E-state index is 11.4. The predicted molar refractivity (Wildman–Crippen MR) is 59.9 cm³/mol. The van der Waals surface area contributed by atoms with Crippen LogP contribution in [0.15, 0.2) is 9.95 Å². The fourth-order valence-electron chi connectivity index (χ4n) is 1.17. The first-order chi connectivity index (χ1) is 7.20. The lowest BCUT2D eigenvalue weighted by atomic mass is 10.5. The average Bonchev–Trinajstić information content (AvgIpc) is 2.57. The second kappa shape index (κ2) is 3.93. The van der Waals surface area contributed by atoms with Gasteiger partial charge in [0.1, 0.15) is 0 Å². The highest BCUT2D eigenvalue weighted by atomic mass is 32.2. The van der Waals surface area contributed by atoms with E-state index in [9.17, 15) is 4.79 Å². The first-order valence-corrected chi connectivity index (χ1v) is 5.57. The molecule has 2 rings (SSSR count). The minimum atomic E-state index is -0.308. The van der Waals surface area contributed by atoms with E-state index in [1.165, 1.54) is 0 Å². The number of hydrogen-bond acceptors (Lipinski definition) is 5. The smallest absolute Gasteiger partial charge is 0.280 e. The zero-order valence-electron chi connectivity index (χ0n) is 8.20. The van der Waals surface area contributed by atoms with Crippen LogP contribution in [0.25, 0.3) is 11.2 Å². The molecule has 6 nitrogen and oxygen atoms in total. The van der Waals surface area contributed by atoms with Gasteiger partial charge in [-0.1, -0.05) is 18.7 Å². The number of nitrogens with one attached hydrogen (secondary N) is 2. The number of rotatable bonds is 3. The second-order valence-electron chi connectivity index (χ2n) is 3.04. The number of imidazole rings is 1. The highest BCUT2D eigenvalue weighted by Gasteiger charge is 2.08. The van der Waals surface area contributed by atoms with Crippen LogP contribution in [0.1, 0.15) is 13.3 Å². The van der Waals surface area contributed by atoms with E-state index >= 15 is 0 Å². The van der Waals surface area contributed by atoms with Crippen LogP contribution < -0.4 is 11.3 Å². The van der Waals surface area contributed by atoms with Crippen LogP contribution in [0, 0.1) is 0 Å². The van der Waals surface area contributed by atoms with Gasteiger partial charge in [-0.25, -0.2) is 4.98 Å². The molecule has 7 heteroatoms. The number of nitrogens with two attached hydrogens (primary N) is 1. The monoisotopic (exact) mass is 225 g/mol. The number of H-pyrrole nitrogens is 2. The summed E-state index contributed by atoms with van der Waals surface area (Å²) in [5.74, 6) is 1.05. The lowest BCUT2D eigenvalue weighted by Gasteiger charge is -1.90. The van der Waals surface area contributed by atoms with Crippen LogP contribution in [-0.4, -0.2) is 25.7 Å². The fourth-order valence-corrected chi connectivity index (χ4v) is 1.90. The van der Waals surface area contributed by atoms with E-state index in [0.29, 0.717) is 16.3 Å². The van der Waals surface area contributed by atoms with E-state index in [1.54, 1.807) is 11.8 Å². The molecule has 80 valence electrons. The number of anilines is 1. The molecule has 0 saturated carbocycles. The summed E-state index contributed by atoms with van der Waals surface area (Å²) in [6.07, 6.45) is 1.05. The summed E-state index contributed by atoms with van der Waals surface area (Å²) in [6, 6.07) is 0. The van der Waals surface area contributed by atoms with Crippen molar-refractivity contribution < 1.29 is 0 Å². The third-order valence-corrected chi connectivity index (χ3v) is 2.87. The first kappa shape index (κ1) is 10.0. The summed E-state index contributed by atoms with van der Waals surface area (Å²) < 4.78 is 0. The van der Waals surface area contributed by atoms with Crippen molar-refractivity contribution in [3.05, 3.63) is 10.4 Å². The van der Waals surface area contributed by atoms with E-state index in [0.717, 1.165) is 12.2 Å². The van der Waals surface area contributed by atoms with Gasteiger partial charge in [0.25, 0.3) is 5.56 Å². The number of hydrogen-bond donors (Lipinski definition) is 3. The SMILES string of the molecule is CCCSc1nc2c(=O)[nH]c(N)nc2[nH]1. The summed E-state index contributed by atoms with van der Waals surface area (Å²) in [5.41, 5.74) is 5.85. The van der Waals surface area contributed by atoms with E-state index < -0.39 is 0 Å². The van der Waals surface area contributed by atoms with Crippen molar-refractivity contribution >= 4 is 28.9 Å². The first-order valence-electron chi connectivity index (χ1n) is 4.59. The Labute approximate surface area is 89.7 Å². The Balaban J connectivity index is 2.46. The third kappa shape index (κ3) is 1.96. The van der Waals surface area contributed by atoms with E-state index in [1.807, 2.05) is 0 Å². The van der Waals surface area contributed by atoms with Crippen LogP contribution >= 0.6 is 11.8 Å². The molecule has 0 radical (unpaired) electrons. The van der Waals surface area contributed by atoms with Gasteiger partial charge in [-0.2, -0.15) is 4.98 Å². The van der Waals surface area contributed by atoms with Gasteiger partial charge in [0.05, 0.1) is 0 Å². The Morgan fingerprint density at radius 2 is 2.20 bits per heavy atom. The molecule has 0 aromatic carbocycles. The quantitative estimate of drug-likeness (QED) is 0.668. The second-order valence-corrected chi connectivity index (χ2v) is 4.12. The number of nitrogens with zero attached hydrogens (tertiary/aromatic N) is 2. The van der Waals surface area contributed by atoms with E-state index in [2.05, 4.69) is 26.9 Å². The molecule has 0 unspecified atom stereocenters. The summed E-state index contributed by atoms with van der Waals surface area (Å²) in [5, 5.41) is 0.704. The maximum atomic E-state index is 11.4. The zero-order valence-corrected chi connectivity index (χ0v) is 9.02. The van der Waals surface area contributed by atoms with Crippen molar-refractivity contribution in [1.29, 1.82) is 0 Å². The molecule has 0 atom stereocenters. The molecular formula is C8H11N5OS. The molecule has 0 fully saturated rings. The molecule has 0 aliphatic heterocycles. The summed E-state index contributed by atoms with van der Waals surface area (Å²) in [7, 11) is 0. The predicted octanol–water partition coefficient (Wildman–Crippen LogP) is 0.730. The third-order valence-electron chi connectivity index (χ3n) is 1.79. The summed E-state index contributed by atoms with van der Waals surface area (Å²) >= 11 is 1.56. The molecule has 0 saturated heterocycles. The number of aromatic amines is 2. The molecule has 0 aliphatic rings. The Morgan fingerprint density at radius 1 is 1.40 bits per heavy atom. The Hall–Kier alpha value is -1.50. The van der Waals surface area contributed by atoms with Crippen LogP contribution in [0.2, 0.25) is 0 Å². The minimum Gasteiger partial charge on any atom is -0.369 e. The molecule has 4 N–H and O–H groups in total. The Morgan fingerprint density at radius 3 is 2.93 bits per heavy atom. The Kier molecular flexibility index (Phi) is 2.63. The van der Waals surface area contributed by atoms with Gasteiger partial charge >= 0.3 is 0 Å². The molecule has 2 aromatic heterocycles. The molecule has 2 aromatic rings. The van der Waals surface area contributed by atoms with Crippen molar-refractivity contribution in [3.63, 3.8) is 0 Å². The molecule has 0 aliphatic carbocycles. The van der Waals surface area contributed by atoms with Gasteiger partial charge in [0.2, 0.25) is 5.95 Å². The van der Waals surface area contributed by atoms with Gasteiger partial charge in [0, 0.05) is 5.75 Å².